The van der Waals surface area contributed by atoms with Crippen molar-refractivity contribution in [3.05, 3.63) is 0 Å². The minimum atomic E-state index is -3.00. The average Bonchev–Trinajstić information content (AvgIpc) is 1.64. The summed E-state index contributed by atoms with van der Waals surface area (Å²) in [5.41, 5.74) is 0. The van der Waals surface area contributed by atoms with Gasteiger partial charge in [-0.1, -0.05) is 0 Å². The van der Waals surface area contributed by atoms with Crippen LogP contribution in [0.2, 0.25) is 0 Å². The summed E-state index contributed by atoms with van der Waals surface area (Å²) in [7, 11) is -3.00. The molecule has 0 aromatic heterocycles. The van der Waals surface area contributed by atoms with E-state index in [9.17, 15) is 13.2 Å². The van der Waals surface area contributed by atoms with Crippen molar-refractivity contribution in [3.63, 3.8) is 0 Å². The molecule has 0 heterocycles. The van der Waals surface area contributed by atoms with Gasteiger partial charge in [0.25, 0.3) is 0 Å². The molecule has 0 radical (unpaired) electrons. The Labute approximate surface area is 55.0 Å². The molecule has 0 fully saturated rings. The van der Waals surface area contributed by atoms with Crippen molar-refractivity contribution in [2.24, 2.45) is 0 Å². The van der Waals surface area contributed by atoms with E-state index in [2.05, 4.69) is 0 Å². The zero-order chi connectivity index (χ0) is 7.49. The third kappa shape index (κ3) is 3.24. The minimum absolute atomic E-state index is 0.0961. The molecule has 0 aliphatic carbocycles. The molecule has 54 valence electrons. The second-order valence-corrected chi connectivity index (χ2v) is 4.51. The monoisotopic (exact) mass is 150 g/mol. The van der Waals surface area contributed by atoms with Gasteiger partial charge in [0.05, 0.1) is 5.25 Å². The molecule has 0 amide bonds. The van der Waals surface area contributed by atoms with Crippen LogP contribution in [0, 0.1) is 0 Å². The summed E-state index contributed by atoms with van der Waals surface area (Å²) in [6.45, 7) is 1.52. The summed E-state index contributed by atoms with van der Waals surface area (Å²) < 4.78 is 21.1. The van der Waals surface area contributed by atoms with Crippen molar-refractivity contribution in [3.8, 4) is 0 Å². The van der Waals surface area contributed by atoms with Gasteiger partial charge in [-0.15, -0.1) is 0 Å². The van der Waals surface area contributed by atoms with Crippen molar-refractivity contribution >= 4 is 16.1 Å². The number of aldehydes is 1. The normalized spacial score (nSPS) is 14.9. The van der Waals surface area contributed by atoms with E-state index >= 15 is 0 Å². The molecule has 1 unspecified atom stereocenters. The average molecular weight is 150 g/mol. The predicted molar refractivity (Wildman–Crippen MR) is 35.0 cm³/mol. The van der Waals surface area contributed by atoms with Crippen molar-refractivity contribution in [1.82, 2.24) is 0 Å². The van der Waals surface area contributed by atoms with Crippen LogP contribution in [0.25, 0.3) is 0 Å². The zero-order valence-corrected chi connectivity index (χ0v) is 6.31. The van der Waals surface area contributed by atoms with Crippen molar-refractivity contribution < 1.29 is 13.2 Å². The first kappa shape index (κ1) is 8.62. The highest BCUT2D eigenvalue weighted by atomic mass is 32.2. The van der Waals surface area contributed by atoms with Gasteiger partial charge < -0.3 is 4.79 Å². The molecular formula is C5H10O3S. The maximum absolute atomic E-state index is 10.6. The number of sulfone groups is 1. The molecule has 0 bridgehead atoms. The van der Waals surface area contributed by atoms with Crippen molar-refractivity contribution in [1.29, 1.82) is 0 Å². The van der Waals surface area contributed by atoms with Gasteiger partial charge in [-0.25, -0.2) is 8.42 Å². The lowest BCUT2D eigenvalue weighted by atomic mass is 10.4. The van der Waals surface area contributed by atoms with E-state index < -0.39 is 15.1 Å². The predicted octanol–water partition coefficient (Wildman–Crippen LogP) is 0.00850. The van der Waals surface area contributed by atoms with E-state index in [-0.39, 0.29) is 6.42 Å². The molecule has 0 spiro atoms. The van der Waals surface area contributed by atoms with Crippen LogP contribution >= 0.6 is 0 Å². The van der Waals surface area contributed by atoms with Gasteiger partial charge in [0.1, 0.15) is 16.1 Å². The molecule has 0 saturated carbocycles. The summed E-state index contributed by atoms with van der Waals surface area (Å²) in [6.07, 6.45) is 1.84. The fourth-order valence-corrected chi connectivity index (χ4v) is 0.738. The minimum Gasteiger partial charge on any atom is -0.303 e. The van der Waals surface area contributed by atoms with Crippen LogP contribution in [-0.4, -0.2) is 26.2 Å². The Bertz CT molecular complexity index is 180. The molecule has 0 aromatic rings. The highest BCUT2D eigenvalue weighted by molar-refractivity contribution is 7.91. The standard InChI is InChI=1S/C5H10O3S/c1-5(3-4-6)9(2,7)8/h4-5H,3H2,1-2H3. The quantitative estimate of drug-likeness (QED) is 0.532. The molecule has 4 heteroatoms. The topological polar surface area (TPSA) is 51.2 Å². The zero-order valence-electron chi connectivity index (χ0n) is 5.49. The maximum Gasteiger partial charge on any atom is 0.150 e. The van der Waals surface area contributed by atoms with Crippen LogP contribution in [-0.2, 0) is 14.6 Å². The number of hydrogen-bond donors (Lipinski definition) is 0. The summed E-state index contributed by atoms with van der Waals surface area (Å²) in [5, 5.41) is -0.532. The molecule has 0 aliphatic rings. The maximum atomic E-state index is 10.6. The lowest BCUT2D eigenvalue weighted by Crippen LogP contribution is -2.15. The van der Waals surface area contributed by atoms with Crippen LogP contribution < -0.4 is 0 Å². The lowest BCUT2D eigenvalue weighted by Gasteiger charge is -2.01. The van der Waals surface area contributed by atoms with E-state index in [0.29, 0.717) is 6.29 Å². The van der Waals surface area contributed by atoms with Gasteiger partial charge in [0.15, 0.2) is 0 Å². The van der Waals surface area contributed by atoms with Crippen LogP contribution in [0.3, 0.4) is 0 Å². The smallest absolute Gasteiger partial charge is 0.150 e. The second kappa shape index (κ2) is 2.96. The number of rotatable bonds is 3. The van der Waals surface area contributed by atoms with E-state index in [1.54, 1.807) is 0 Å². The van der Waals surface area contributed by atoms with Gasteiger partial charge in [-0.05, 0) is 6.92 Å². The highest BCUT2D eigenvalue weighted by Gasteiger charge is 2.12. The van der Waals surface area contributed by atoms with Crippen molar-refractivity contribution in [2.45, 2.75) is 18.6 Å². The van der Waals surface area contributed by atoms with Crippen LogP contribution in [0.5, 0.6) is 0 Å². The van der Waals surface area contributed by atoms with E-state index in [1.807, 2.05) is 0 Å². The molecule has 0 N–H and O–H groups in total. The van der Waals surface area contributed by atoms with Gasteiger partial charge in [0.2, 0.25) is 0 Å². The third-order valence-electron chi connectivity index (χ3n) is 1.16. The fourth-order valence-electron chi connectivity index (χ4n) is 0.310. The molecule has 9 heavy (non-hydrogen) atoms. The first-order valence-corrected chi connectivity index (χ1v) is 4.56. The first-order valence-electron chi connectivity index (χ1n) is 2.61. The largest absolute Gasteiger partial charge is 0.303 e. The van der Waals surface area contributed by atoms with E-state index in [1.165, 1.54) is 6.92 Å². The molecular weight excluding hydrogens is 140 g/mol. The third-order valence-corrected chi connectivity index (χ3v) is 2.81. The number of carbonyl (C=O) groups excluding carboxylic acids is 1. The SMILES string of the molecule is CC(CC=O)S(C)(=O)=O. The number of carbonyl (C=O) groups is 1. The first-order chi connectivity index (χ1) is 3.98. The van der Waals surface area contributed by atoms with Gasteiger partial charge in [-0.3, -0.25) is 0 Å². The summed E-state index contributed by atoms with van der Waals surface area (Å²) in [5.74, 6) is 0. The van der Waals surface area contributed by atoms with E-state index in [0.717, 1.165) is 6.26 Å². The van der Waals surface area contributed by atoms with Crippen LogP contribution in [0.4, 0.5) is 0 Å². The molecule has 0 saturated heterocycles. The molecule has 0 aromatic carbocycles. The van der Waals surface area contributed by atoms with Crippen LogP contribution in [0.1, 0.15) is 13.3 Å². The molecule has 0 rings (SSSR count). The Kier molecular flexibility index (Phi) is 2.84. The fraction of sp³-hybridized carbons (Fsp3) is 0.800. The highest BCUT2D eigenvalue weighted by Crippen LogP contribution is 1.99. The molecule has 1 atom stereocenters. The summed E-state index contributed by atoms with van der Waals surface area (Å²) in [4.78, 5) is 9.80. The Morgan fingerprint density at radius 1 is 1.56 bits per heavy atom. The lowest BCUT2D eigenvalue weighted by molar-refractivity contribution is -0.107. The molecule has 3 nitrogen and oxygen atoms in total. The second-order valence-electron chi connectivity index (χ2n) is 2.04. The van der Waals surface area contributed by atoms with Gasteiger partial charge >= 0.3 is 0 Å². The van der Waals surface area contributed by atoms with Gasteiger partial charge in [-0.2, -0.15) is 0 Å². The molecule has 0 aliphatic heterocycles. The summed E-state index contributed by atoms with van der Waals surface area (Å²) in [6, 6.07) is 0. The Morgan fingerprint density at radius 3 is 2.11 bits per heavy atom. The summed E-state index contributed by atoms with van der Waals surface area (Å²) >= 11 is 0. The van der Waals surface area contributed by atoms with Crippen molar-refractivity contribution in [2.75, 3.05) is 6.26 Å². The Morgan fingerprint density at radius 2 is 2.00 bits per heavy atom. The van der Waals surface area contributed by atoms with E-state index in [4.69, 9.17) is 0 Å². The Hall–Kier alpha value is -0.380. The van der Waals surface area contributed by atoms with Gasteiger partial charge in [0, 0.05) is 12.7 Å². The Balaban J connectivity index is 4.05. The number of hydrogen-bond acceptors (Lipinski definition) is 3. The van der Waals surface area contributed by atoms with Crippen LogP contribution in [0.15, 0.2) is 0 Å².